The van der Waals surface area contributed by atoms with Gasteiger partial charge in [-0.3, -0.25) is 4.79 Å². The molecule has 118 valence electrons. The molecule has 1 aliphatic rings. The molecule has 0 spiro atoms. The third-order valence-electron chi connectivity index (χ3n) is 3.85. The standard InChI is InChI=1S/C17H16N2O4/c1-17(2)15(20)14(22-13-4-3-7-19-16(13)21)11-8-10(9-18)5-6-12(11)23-17/h3-8,14-15,20H,1-2H3,(H,19,21)/t14-,15+/m1/s1. The molecule has 2 heterocycles. The van der Waals surface area contributed by atoms with Crippen molar-refractivity contribution >= 4 is 0 Å². The second kappa shape index (κ2) is 5.45. The number of hydrogen-bond donors (Lipinski definition) is 2. The van der Waals surface area contributed by atoms with E-state index in [0.29, 0.717) is 16.9 Å². The minimum atomic E-state index is -1.01. The van der Waals surface area contributed by atoms with Gasteiger partial charge in [-0.25, -0.2) is 0 Å². The summed E-state index contributed by atoms with van der Waals surface area (Å²) in [6.45, 7) is 3.48. The van der Waals surface area contributed by atoms with Gasteiger partial charge in [-0.1, -0.05) is 0 Å². The van der Waals surface area contributed by atoms with Gasteiger partial charge in [0.2, 0.25) is 0 Å². The van der Waals surface area contributed by atoms with E-state index >= 15 is 0 Å². The predicted octanol–water partition coefficient (Wildman–Crippen LogP) is 1.90. The number of nitrogens with one attached hydrogen (secondary N) is 1. The summed E-state index contributed by atoms with van der Waals surface area (Å²) in [5.74, 6) is 0.624. The van der Waals surface area contributed by atoms with E-state index in [1.54, 1.807) is 38.1 Å². The molecule has 6 nitrogen and oxygen atoms in total. The first-order valence-corrected chi connectivity index (χ1v) is 7.18. The first kappa shape index (κ1) is 15.1. The second-order valence-electron chi connectivity index (χ2n) is 5.92. The number of fused-ring (bicyclic) bond motifs is 1. The lowest BCUT2D eigenvalue weighted by Gasteiger charge is -2.41. The monoisotopic (exact) mass is 312 g/mol. The van der Waals surface area contributed by atoms with E-state index in [-0.39, 0.29) is 11.3 Å². The number of nitrogens with zero attached hydrogens (tertiary/aromatic N) is 1. The highest BCUT2D eigenvalue weighted by molar-refractivity contribution is 5.46. The van der Waals surface area contributed by atoms with E-state index in [0.717, 1.165) is 0 Å². The Morgan fingerprint density at radius 3 is 2.87 bits per heavy atom. The average Bonchev–Trinajstić information content (AvgIpc) is 2.53. The first-order valence-electron chi connectivity index (χ1n) is 7.18. The number of H-pyrrole nitrogens is 1. The Bertz CT molecular complexity index is 835. The van der Waals surface area contributed by atoms with Gasteiger partial charge in [0.05, 0.1) is 11.6 Å². The first-order chi connectivity index (χ1) is 10.9. The van der Waals surface area contributed by atoms with Crippen molar-refractivity contribution in [3.8, 4) is 17.6 Å². The van der Waals surface area contributed by atoms with Crippen LogP contribution in [0, 0.1) is 11.3 Å². The predicted molar refractivity (Wildman–Crippen MR) is 82.3 cm³/mol. The highest BCUT2D eigenvalue weighted by Crippen LogP contribution is 2.42. The maximum absolute atomic E-state index is 11.9. The minimum absolute atomic E-state index is 0.0996. The van der Waals surface area contributed by atoms with E-state index in [2.05, 4.69) is 4.98 Å². The van der Waals surface area contributed by atoms with Crippen molar-refractivity contribution in [3.63, 3.8) is 0 Å². The van der Waals surface area contributed by atoms with Crippen molar-refractivity contribution in [2.45, 2.75) is 31.7 Å². The zero-order chi connectivity index (χ0) is 16.6. The molecule has 1 aromatic carbocycles. The lowest BCUT2D eigenvalue weighted by atomic mass is 9.87. The van der Waals surface area contributed by atoms with Crippen molar-refractivity contribution in [1.82, 2.24) is 4.98 Å². The molecule has 6 heteroatoms. The topological polar surface area (TPSA) is 95.3 Å². The molecular weight excluding hydrogens is 296 g/mol. The number of aromatic amines is 1. The van der Waals surface area contributed by atoms with Gasteiger partial charge in [-0.2, -0.15) is 5.26 Å². The number of aliphatic hydroxyl groups is 1. The Labute approximate surface area is 132 Å². The average molecular weight is 312 g/mol. The van der Waals surface area contributed by atoms with Crippen LogP contribution < -0.4 is 15.0 Å². The molecule has 0 saturated heterocycles. The van der Waals surface area contributed by atoms with Gasteiger partial charge in [-0.15, -0.1) is 0 Å². The van der Waals surface area contributed by atoms with Gasteiger partial charge in [0.15, 0.2) is 11.9 Å². The maximum Gasteiger partial charge on any atom is 0.290 e. The quantitative estimate of drug-likeness (QED) is 0.883. The van der Waals surface area contributed by atoms with E-state index in [1.165, 1.54) is 12.3 Å². The van der Waals surface area contributed by atoms with Gasteiger partial charge in [-0.05, 0) is 44.2 Å². The second-order valence-corrected chi connectivity index (χ2v) is 5.92. The fourth-order valence-corrected chi connectivity index (χ4v) is 2.58. The van der Waals surface area contributed by atoms with Gasteiger partial charge in [0.1, 0.15) is 17.5 Å². The fourth-order valence-electron chi connectivity index (χ4n) is 2.58. The summed E-state index contributed by atoms with van der Waals surface area (Å²) in [6.07, 6.45) is -0.324. The van der Waals surface area contributed by atoms with Crippen LogP contribution in [0.1, 0.15) is 31.1 Å². The third kappa shape index (κ3) is 2.67. The van der Waals surface area contributed by atoms with Crippen LogP contribution in [0.4, 0.5) is 0 Å². The molecule has 1 aromatic heterocycles. The number of rotatable bonds is 2. The molecule has 0 aliphatic carbocycles. The lowest BCUT2D eigenvalue weighted by Crippen LogP contribution is -2.50. The largest absolute Gasteiger partial charge is 0.485 e. The van der Waals surface area contributed by atoms with Gasteiger partial charge in [0.25, 0.3) is 5.56 Å². The molecule has 2 N–H and O–H groups in total. The lowest BCUT2D eigenvalue weighted by molar-refractivity contribution is -0.103. The van der Waals surface area contributed by atoms with Crippen LogP contribution in [-0.2, 0) is 0 Å². The van der Waals surface area contributed by atoms with Crippen LogP contribution in [0.2, 0.25) is 0 Å². The summed E-state index contributed by atoms with van der Waals surface area (Å²) < 4.78 is 11.6. The normalized spacial score (nSPS) is 21.7. The Morgan fingerprint density at radius 2 is 2.17 bits per heavy atom. The van der Waals surface area contributed by atoms with E-state index in [9.17, 15) is 9.90 Å². The Morgan fingerprint density at radius 1 is 1.39 bits per heavy atom. The number of pyridine rings is 1. The molecule has 2 atom stereocenters. The fraction of sp³-hybridized carbons (Fsp3) is 0.294. The van der Waals surface area contributed by atoms with Crippen molar-refractivity contribution in [2.75, 3.05) is 0 Å². The molecule has 1 aliphatic heterocycles. The van der Waals surface area contributed by atoms with E-state index in [1.807, 2.05) is 6.07 Å². The van der Waals surface area contributed by atoms with Crippen LogP contribution in [0.15, 0.2) is 41.3 Å². The summed E-state index contributed by atoms with van der Waals surface area (Å²) in [4.78, 5) is 14.4. The number of ether oxygens (including phenoxy) is 2. The van der Waals surface area contributed by atoms with E-state index < -0.39 is 17.8 Å². The molecule has 0 bridgehead atoms. The van der Waals surface area contributed by atoms with Crippen molar-refractivity contribution in [3.05, 3.63) is 58.0 Å². The maximum atomic E-state index is 11.9. The minimum Gasteiger partial charge on any atom is -0.485 e. The van der Waals surface area contributed by atoms with Crippen LogP contribution >= 0.6 is 0 Å². The number of benzene rings is 1. The number of aromatic nitrogens is 1. The molecule has 23 heavy (non-hydrogen) atoms. The zero-order valence-electron chi connectivity index (χ0n) is 12.7. The van der Waals surface area contributed by atoms with Crippen LogP contribution in [0.25, 0.3) is 0 Å². The highest BCUT2D eigenvalue weighted by atomic mass is 16.5. The summed E-state index contributed by atoms with van der Waals surface area (Å²) in [5.41, 5.74) is -0.316. The van der Waals surface area contributed by atoms with Crippen molar-refractivity contribution < 1.29 is 14.6 Å². The van der Waals surface area contributed by atoms with Crippen molar-refractivity contribution in [1.29, 1.82) is 5.26 Å². The third-order valence-corrected chi connectivity index (χ3v) is 3.85. The number of aliphatic hydroxyl groups excluding tert-OH is 1. The van der Waals surface area contributed by atoms with Gasteiger partial charge in [0, 0.05) is 11.8 Å². The Balaban J connectivity index is 2.09. The zero-order valence-corrected chi connectivity index (χ0v) is 12.7. The van der Waals surface area contributed by atoms with Crippen LogP contribution in [0.5, 0.6) is 11.5 Å². The summed E-state index contributed by atoms with van der Waals surface area (Å²) in [7, 11) is 0. The number of hydrogen-bond acceptors (Lipinski definition) is 5. The van der Waals surface area contributed by atoms with E-state index in [4.69, 9.17) is 14.7 Å². The summed E-state index contributed by atoms with van der Waals surface area (Å²) in [5, 5.41) is 19.7. The molecule has 2 aromatic rings. The molecule has 0 fully saturated rings. The number of nitriles is 1. The highest BCUT2D eigenvalue weighted by Gasteiger charge is 2.44. The Kier molecular flexibility index (Phi) is 3.58. The molecule has 0 radical (unpaired) electrons. The SMILES string of the molecule is CC1(C)Oc2ccc(C#N)cc2[C@@H](Oc2ccc[nH]c2=O)[C@@H]1O. The van der Waals surface area contributed by atoms with Gasteiger partial charge >= 0.3 is 0 Å². The molecule has 0 saturated carbocycles. The molecule has 0 amide bonds. The molecule has 0 unspecified atom stereocenters. The molecular formula is C17H16N2O4. The van der Waals surface area contributed by atoms with Crippen LogP contribution in [0.3, 0.4) is 0 Å². The smallest absolute Gasteiger partial charge is 0.290 e. The van der Waals surface area contributed by atoms with Crippen molar-refractivity contribution in [2.24, 2.45) is 0 Å². The van der Waals surface area contributed by atoms with Gasteiger partial charge < -0.3 is 19.6 Å². The Hall–Kier alpha value is -2.78. The van der Waals surface area contributed by atoms with Crippen LogP contribution in [-0.4, -0.2) is 21.8 Å². The summed E-state index contributed by atoms with van der Waals surface area (Å²) in [6, 6.07) is 10.1. The molecule has 3 rings (SSSR count). The summed E-state index contributed by atoms with van der Waals surface area (Å²) >= 11 is 0.